The molecule has 1 N–H and O–H groups in total. The first-order chi connectivity index (χ1) is 13.7. The number of pyridine rings is 1. The summed E-state index contributed by atoms with van der Waals surface area (Å²) in [4.78, 5) is 21.1. The van der Waals surface area contributed by atoms with E-state index in [4.69, 9.17) is 0 Å². The average molecular weight is 378 g/mol. The first kappa shape index (κ1) is 18.5. The van der Waals surface area contributed by atoms with Gasteiger partial charge in [0.1, 0.15) is 5.82 Å². The summed E-state index contributed by atoms with van der Waals surface area (Å²) in [5.74, 6) is -0.230. The Hall–Kier alpha value is -2.83. The Labute approximate surface area is 163 Å². The highest BCUT2D eigenvalue weighted by Gasteiger charge is 2.20. The molecule has 28 heavy (non-hydrogen) atoms. The van der Waals surface area contributed by atoms with Crippen molar-refractivity contribution in [3.63, 3.8) is 0 Å². The maximum atomic E-state index is 13.9. The van der Waals surface area contributed by atoms with Crippen LogP contribution in [0.4, 0.5) is 10.1 Å². The molecule has 1 saturated heterocycles. The second-order valence-electron chi connectivity index (χ2n) is 7.11. The van der Waals surface area contributed by atoms with Crippen LogP contribution in [0.15, 0.2) is 60.8 Å². The van der Waals surface area contributed by atoms with Gasteiger partial charge in [-0.15, -0.1) is 0 Å². The number of fused-ring (bicyclic) bond motifs is 1. The summed E-state index contributed by atoms with van der Waals surface area (Å²) < 4.78 is 13.9. The lowest BCUT2D eigenvalue weighted by atomic mass is 10.1. The maximum absolute atomic E-state index is 13.9. The molecule has 1 aliphatic heterocycles. The van der Waals surface area contributed by atoms with Crippen LogP contribution in [-0.2, 0) is 11.3 Å². The van der Waals surface area contributed by atoms with Crippen molar-refractivity contribution >= 4 is 22.5 Å². The highest BCUT2D eigenvalue weighted by molar-refractivity contribution is 5.92. The number of carbonyl (C=O) groups excluding carboxylic acids is 1. The average Bonchev–Trinajstić information content (AvgIpc) is 2.70. The normalized spacial score (nSPS) is 15.6. The number of amides is 1. The highest BCUT2D eigenvalue weighted by Crippen LogP contribution is 2.20. The van der Waals surface area contributed by atoms with Crippen LogP contribution in [0.1, 0.15) is 5.56 Å². The van der Waals surface area contributed by atoms with Gasteiger partial charge in [0, 0.05) is 50.0 Å². The van der Waals surface area contributed by atoms with Crippen molar-refractivity contribution < 1.29 is 9.18 Å². The summed E-state index contributed by atoms with van der Waals surface area (Å²) in [7, 11) is 0. The molecule has 0 aliphatic carbocycles. The lowest BCUT2D eigenvalue weighted by Gasteiger charge is -2.34. The van der Waals surface area contributed by atoms with Crippen LogP contribution in [-0.4, -0.2) is 53.4 Å². The van der Waals surface area contributed by atoms with E-state index >= 15 is 0 Å². The quantitative estimate of drug-likeness (QED) is 0.741. The number of rotatable bonds is 5. The van der Waals surface area contributed by atoms with Crippen LogP contribution in [0.5, 0.6) is 0 Å². The van der Waals surface area contributed by atoms with E-state index in [0.29, 0.717) is 13.1 Å². The summed E-state index contributed by atoms with van der Waals surface area (Å²) in [6, 6.07) is 16.3. The molecule has 1 fully saturated rings. The maximum Gasteiger partial charge on any atom is 0.238 e. The van der Waals surface area contributed by atoms with Crippen molar-refractivity contribution in [2.45, 2.75) is 6.54 Å². The molecule has 0 saturated carbocycles. The van der Waals surface area contributed by atoms with Gasteiger partial charge in [-0.25, -0.2) is 4.39 Å². The van der Waals surface area contributed by atoms with Crippen molar-refractivity contribution in [2.75, 3.05) is 38.0 Å². The lowest BCUT2D eigenvalue weighted by Crippen LogP contribution is -2.48. The fourth-order valence-corrected chi connectivity index (χ4v) is 3.62. The Morgan fingerprint density at radius 1 is 1.00 bits per heavy atom. The number of carbonyl (C=O) groups is 1. The third-order valence-electron chi connectivity index (χ3n) is 5.03. The number of hydrogen-bond donors (Lipinski definition) is 1. The van der Waals surface area contributed by atoms with Gasteiger partial charge in [-0.1, -0.05) is 24.3 Å². The zero-order valence-electron chi connectivity index (χ0n) is 15.6. The number of piperazine rings is 1. The molecule has 0 spiro atoms. The van der Waals surface area contributed by atoms with E-state index in [2.05, 4.69) is 20.1 Å². The van der Waals surface area contributed by atoms with Crippen LogP contribution >= 0.6 is 0 Å². The molecule has 144 valence electrons. The molecule has 5 nitrogen and oxygen atoms in total. The molecule has 1 aromatic heterocycles. The van der Waals surface area contributed by atoms with Crippen molar-refractivity contribution in [2.24, 2.45) is 0 Å². The lowest BCUT2D eigenvalue weighted by molar-refractivity contribution is -0.117. The van der Waals surface area contributed by atoms with E-state index in [-0.39, 0.29) is 11.7 Å². The van der Waals surface area contributed by atoms with Gasteiger partial charge in [-0.05, 0) is 35.9 Å². The molecule has 0 atom stereocenters. The molecular weight excluding hydrogens is 355 g/mol. The minimum Gasteiger partial charge on any atom is -0.325 e. The molecule has 2 aromatic carbocycles. The van der Waals surface area contributed by atoms with E-state index in [9.17, 15) is 9.18 Å². The second-order valence-corrected chi connectivity index (χ2v) is 7.11. The summed E-state index contributed by atoms with van der Waals surface area (Å²) in [5, 5.41) is 3.75. The molecule has 0 bridgehead atoms. The molecule has 6 heteroatoms. The van der Waals surface area contributed by atoms with Crippen molar-refractivity contribution in [1.82, 2.24) is 14.8 Å². The van der Waals surface area contributed by atoms with Crippen molar-refractivity contribution in [3.8, 4) is 0 Å². The SMILES string of the molecule is O=C(CN1CCN(Cc2cc(F)cc3cccnc23)CC1)Nc1ccccc1. The van der Waals surface area contributed by atoms with Gasteiger partial charge in [-0.3, -0.25) is 19.6 Å². The molecule has 1 amide bonds. The second kappa shape index (κ2) is 8.46. The first-order valence-corrected chi connectivity index (χ1v) is 9.50. The molecule has 4 rings (SSSR count). The molecular formula is C22H23FN4O. The Morgan fingerprint density at radius 2 is 1.75 bits per heavy atom. The Balaban J connectivity index is 1.32. The highest BCUT2D eigenvalue weighted by atomic mass is 19.1. The minimum atomic E-state index is -0.230. The number of hydrogen-bond acceptors (Lipinski definition) is 4. The van der Waals surface area contributed by atoms with Crippen LogP contribution in [0.2, 0.25) is 0 Å². The first-order valence-electron chi connectivity index (χ1n) is 9.50. The number of benzene rings is 2. The molecule has 3 aromatic rings. The van der Waals surface area contributed by atoms with Gasteiger partial charge in [0.25, 0.3) is 0 Å². The Kier molecular flexibility index (Phi) is 5.60. The van der Waals surface area contributed by atoms with Crippen LogP contribution < -0.4 is 5.32 Å². The van der Waals surface area contributed by atoms with E-state index < -0.39 is 0 Å². The Bertz CT molecular complexity index is 955. The summed E-state index contributed by atoms with van der Waals surface area (Å²) in [6.45, 7) is 4.33. The van der Waals surface area contributed by atoms with E-state index in [1.54, 1.807) is 12.3 Å². The zero-order valence-corrected chi connectivity index (χ0v) is 15.6. The zero-order chi connectivity index (χ0) is 19.3. The predicted octanol–water partition coefficient (Wildman–Crippen LogP) is 3.13. The largest absolute Gasteiger partial charge is 0.325 e. The smallest absolute Gasteiger partial charge is 0.238 e. The predicted molar refractivity (Wildman–Crippen MR) is 108 cm³/mol. The summed E-state index contributed by atoms with van der Waals surface area (Å²) in [6.07, 6.45) is 1.74. The van der Waals surface area contributed by atoms with E-state index in [1.807, 2.05) is 42.5 Å². The van der Waals surface area contributed by atoms with Crippen LogP contribution in [0, 0.1) is 5.82 Å². The summed E-state index contributed by atoms with van der Waals surface area (Å²) in [5.41, 5.74) is 2.58. The molecule has 1 aliphatic rings. The Morgan fingerprint density at radius 3 is 2.54 bits per heavy atom. The third-order valence-corrected chi connectivity index (χ3v) is 5.03. The van der Waals surface area contributed by atoms with Crippen LogP contribution in [0.3, 0.4) is 0 Å². The standard InChI is InChI=1S/C22H23FN4O/c23-19-13-17-5-4-8-24-22(17)18(14-19)15-26-9-11-27(12-10-26)16-21(28)25-20-6-2-1-3-7-20/h1-8,13-14H,9-12,15-16H2,(H,25,28). The van der Waals surface area contributed by atoms with Gasteiger partial charge < -0.3 is 5.32 Å². The van der Waals surface area contributed by atoms with E-state index in [0.717, 1.165) is 48.3 Å². The molecule has 0 unspecified atom stereocenters. The van der Waals surface area contributed by atoms with Crippen molar-refractivity contribution in [3.05, 3.63) is 72.2 Å². The van der Waals surface area contributed by atoms with Crippen LogP contribution in [0.25, 0.3) is 10.9 Å². The number of aromatic nitrogens is 1. The summed E-state index contributed by atoms with van der Waals surface area (Å²) >= 11 is 0. The number of nitrogens with zero attached hydrogens (tertiary/aromatic N) is 3. The third kappa shape index (κ3) is 4.52. The molecule has 2 heterocycles. The fourth-order valence-electron chi connectivity index (χ4n) is 3.62. The number of anilines is 1. The monoisotopic (exact) mass is 378 g/mol. The topological polar surface area (TPSA) is 48.5 Å². The molecule has 0 radical (unpaired) electrons. The number of nitrogens with one attached hydrogen (secondary N) is 1. The van der Waals surface area contributed by atoms with E-state index in [1.165, 1.54) is 6.07 Å². The number of para-hydroxylation sites is 1. The number of halogens is 1. The van der Waals surface area contributed by atoms with Gasteiger partial charge in [0.05, 0.1) is 12.1 Å². The van der Waals surface area contributed by atoms with Gasteiger partial charge in [0.15, 0.2) is 0 Å². The van der Waals surface area contributed by atoms with Gasteiger partial charge >= 0.3 is 0 Å². The van der Waals surface area contributed by atoms with Gasteiger partial charge in [-0.2, -0.15) is 0 Å². The van der Waals surface area contributed by atoms with Crippen molar-refractivity contribution in [1.29, 1.82) is 0 Å². The fraction of sp³-hybridized carbons (Fsp3) is 0.273. The minimum absolute atomic E-state index is 0.0000236. The van der Waals surface area contributed by atoms with Gasteiger partial charge in [0.2, 0.25) is 5.91 Å².